The number of carboxylic acid groups (broad SMARTS) is 1. The van der Waals surface area contributed by atoms with Crippen molar-refractivity contribution in [3.05, 3.63) is 0 Å². The number of morpholine rings is 1. The van der Waals surface area contributed by atoms with Gasteiger partial charge in [-0.05, 0) is 5.92 Å². The van der Waals surface area contributed by atoms with Crippen LogP contribution in [0.5, 0.6) is 0 Å². The normalized spacial score (nSPS) is 17.1. The second kappa shape index (κ2) is 10.1. The van der Waals surface area contributed by atoms with Gasteiger partial charge in [-0.2, -0.15) is 0 Å². The average Bonchev–Trinajstić information content (AvgIpc) is 2.36. The Balaban J connectivity index is 0.00000361. The van der Waals surface area contributed by atoms with Crippen LogP contribution in [0.2, 0.25) is 0 Å². The molecule has 112 valence electrons. The van der Waals surface area contributed by atoms with Gasteiger partial charge < -0.3 is 19.9 Å². The van der Waals surface area contributed by atoms with Gasteiger partial charge in [-0.3, -0.25) is 4.90 Å². The van der Waals surface area contributed by atoms with Gasteiger partial charge in [-0.15, -0.1) is 0 Å². The van der Waals surface area contributed by atoms with Crippen LogP contribution < -0.4 is 5.32 Å². The molecule has 1 aliphatic heterocycles. The Morgan fingerprint density at radius 1 is 1.35 bits per heavy atom. The van der Waals surface area contributed by atoms with Crippen molar-refractivity contribution >= 4 is 30.9 Å². The molecule has 1 atom stereocenters. The first-order chi connectivity index (χ1) is 9.00. The first-order valence-electron chi connectivity index (χ1n) is 6.47. The zero-order chi connectivity index (χ0) is 14.3. The number of nitrogens with one attached hydrogen (secondary N) is 1. The maximum atomic E-state index is 11.5. The molecule has 1 fully saturated rings. The van der Waals surface area contributed by atoms with Gasteiger partial charge in [0.2, 0.25) is 0 Å². The molecule has 0 aromatic carbocycles. The zero-order valence-corrected chi connectivity index (χ0v) is 11.4. The zero-order valence-electron chi connectivity index (χ0n) is 11.4. The van der Waals surface area contributed by atoms with Crippen LogP contribution in [-0.2, 0) is 14.3 Å². The Bertz CT molecular complexity index is 308. The molecular formula is C12H23LiN2O5. The Hall–Kier alpha value is -0.743. The van der Waals surface area contributed by atoms with Crippen molar-refractivity contribution in [1.82, 2.24) is 10.2 Å². The summed E-state index contributed by atoms with van der Waals surface area (Å²) < 4.78 is 10.2. The summed E-state index contributed by atoms with van der Waals surface area (Å²) in [6.07, 6.45) is -0.686. The second-order valence-electron chi connectivity index (χ2n) is 4.79. The summed E-state index contributed by atoms with van der Waals surface area (Å²) in [5.74, 6) is -1.25. The van der Waals surface area contributed by atoms with Crippen molar-refractivity contribution in [1.29, 1.82) is 0 Å². The van der Waals surface area contributed by atoms with Gasteiger partial charge in [0.25, 0.3) is 0 Å². The van der Waals surface area contributed by atoms with E-state index in [9.17, 15) is 9.59 Å². The topological polar surface area (TPSA) is 88.1 Å². The molecule has 1 amide bonds. The monoisotopic (exact) mass is 282 g/mol. The van der Waals surface area contributed by atoms with Crippen LogP contribution >= 0.6 is 0 Å². The third kappa shape index (κ3) is 7.15. The van der Waals surface area contributed by atoms with Crippen molar-refractivity contribution in [2.24, 2.45) is 5.92 Å². The Morgan fingerprint density at radius 3 is 2.45 bits per heavy atom. The molecule has 0 radical (unpaired) electrons. The molecule has 1 heterocycles. The summed E-state index contributed by atoms with van der Waals surface area (Å²) in [6.45, 7) is 7.39. The molecule has 0 saturated carbocycles. The molecular weight excluding hydrogens is 259 g/mol. The van der Waals surface area contributed by atoms with Crippen molar-refractivity contribution in [3.63, 3.8) is 0 Å². The van der Waals surface area contributed by atoms with Gasteiger partial charge >= 0.3 is 30.9 Å². The van der Waals surface area contributed by atoms with Crippen LogP contribution in [0.4, 0.5) is 4.79 Å². The molecule has 1 saturated heterocycles. The van der Waals surface area contributed by atoms with E-state index >= 15 is 0 Å². The number of nitrogens with zero attached hydrogens (tertiary/aromatic N) is 1. The van der Waals surface area contributed by atoms with E-state index in [-0.39, 0.29) is 31.4 Å². The third-order valence-corrected chi connectivity index (χ3v) is 2.95. The van der Waals surface area contributed by atoms with Crippen molar-refractivity contribution in [2.45, 2.75) is 19.9 Å². The molecule has 0 unspecified atom stereocenters. The molecule has 0 aromatic rings. The van der Waals surface area contributed by atoms with Gasteiger partial charge in [0.05, 0.1) is 13.2 Å². The van der Waals surface area contributed by atoms with E-state index in [1.807, 2.05) is 0 Å². The molecule has 2 N–H and O–H groups in total. The van der Waals surface area contributed by atoms with Gasteiger partial charge in [0, 0.05) is 19.6 Å². The summed E-state index contributed by atoms with van der Waals surface area (Å²) in [5.41, 5.74) is 0. The van der Waals surface area contributed by atoms with Crippen LogP contribution in [0.15, 0.2) is 0 Å². The molecule has 1 aliphatic rings. The Labute approximate surface area is 131 Å². The van der Waals surface area contributed by atoms with Gasteiger partial charge in [-0.1, -0.05) is 13.8 Å². The fraction of sp³-hybridized carbons (Fsp3) is 0.833. The summed E-state index contributed by atoms with van der Waals surface area (Å²) >= 11 is 0. The van der Waals surface area contributed by atoms with E-state index in [1.54, 1.807) is 13.8 Å². The molecule has 0 aromatic heterocycles. The summed E-state index contributed by atoms with van der Waals surface area (Å²) in [4.78, 5) is 24.5. The number of carbonyl (C=O) groups is 2. The number of rotatable bonds is 6. The van der Waals surface area contributed by atoms with E-state index in [0.717, 1.165) is 13.1 Å². The molecule has 20 heavy (non-hydrogen) atoms. The first-order valence-corrected chi connectivity index (χ1v) is 6.47. The minimum absolute atomic E-state index is 0. The van der Waals surface area contributed by atoms with Gasteiger partial charge in [0.15, 0.2) is 0 Å². The number of alkyl carbamates (subject to hydrolysis) is 1. The molecule has 0 spiro atoms. The van der Waals surface area contributed by atoms with Crippen LogP contribution in [-0.4, -0.2) is 86.4 Å². The SMILES string of the molecule is CC(C)[C@H](NC(=O)OCCN1CCOCC1)C(=O)O.[LiH]. The van der Waals surface area contributed by atoms with E-state index in [4.69, 9.17) is 14.6 Å². The van der Waals surface area contributed by atoms with Crippen molar-refractivity contribution < 1.29 is 24.2 Å². The summed E-state index contributed by atoms with van der Waals surface area (Å²) in [7, 11) is 0. The predicted octanol–water partition coefficient (Wildman–Crippen LogP) is -0.494. The summed E-state index contributed by atoms with van der Waals surface area (Å²) in [6, 6.07) is -0.920. The second-order valence-corrected chi connectivity index (χ2v) is 4.79. The number of hydrogen-bond donors (Lipinski definition) is 2. The standard InChI is InChI=1S/C12H22N2O5.Li.H/c1-9(2)10(11(15)16)13-12(17)19-8-5-14-3-6-18-7-4-14;;/h9-10H,3-8H2,1-2H3,(H,13,17)(H,15,16);;/t10-;;/m0../s1. The molecule has 0 bridgehead atoms. The van der Waals surface area contributed by atoms with Crippen LogP contribution in [0.25, 0.3) is 0 Å². The van der Waals surface area contributed by atoms with Crippen LogP contribution in [0.1, 0.15) is 13.8 Å². The number of ether oxygens (including phenoxy) is 2. The molecule has 1 rings (SSSR count). The van der Waals surface area contributed by atoms with Gasteiger partial charge in [0.1, 0.15) is 12.6 Å². The third-order valence-electron chi connectivity index (χ3n) is 2.95. The van der Waals surface area contributed by atoms with E-state index in [1.165, 1.54) is 0 Å². The molecule has 7 nitrogen and oxygen atoms in total. The quantitative estimate of drug-likeness (QED) is 0.639. The fourth-order valence-corrected chi connectivity index (χ4v) is 1.77. The van der Waals surface area contributed by atoms with Crippen LogP contribution in [0, 0.1) is 5.92 Å². The van der Waals surface area contributed by atoms with E-state index < -0.39 is 18.1 Å². The molecule has 0 aliphatic carbocycles. The maximum absolute atomic E-state index is 11.5. The number of amides is 1. The van der Waals surface area contributed by atoms with Crippen LogP contribution in [0.3, 0.4) is 0 Å². The number of aliphatic carboxylic acids is 1. The Morgan fingerprint density at radius 2 is 1.95 bits per heavy atom. The first kappa shape index (κ1) is 19.3. The molecule has 8 heteroatoms. The number of carbonyl (C=O) groups excluding carboxylic acids is 1. The van der Waals surface area contributed by atoms with Crippen molar-refractivity contribution in [2.75, 3.05) is 39.5 Å². The Kier molecular flexibility index (Phi) is 9.68. The minimum atomic E-state index is -1.06. The average molecular weight is 282 g/mol. The van der Waals surface area contributed by atoms with E-state index in [0.29, 0.717) is 19.8 Å². The number of carboxylic acids is 1. The fourth-order valence-electron chi connectivity index (χ4n) is 1.77. The number of hydrogen-bond acceptors (Lipinski definition) is 5. The summed E-state index contributed by atoms with van der Waals surface area (Å²) in [5, 5.41) is 11.3. The van der Waals surface area contributed by atoms with Gasteiger partial charge in [-0.25, -0.2) is 9.59 Å². The van der Waals surface area contributed by atoms with Crippen molar-refractivity contribution in [3.8, 4) is 0 Å². The van der Waals surface area contributed by atoms with E-state index in [2.05, 4.69) is 10.2 Å². The predicted molar refractivity (Wildman–Crippen MR) is 75.2 cm³/mol.